The van der Waals surface area contributed by atoms with Crippen LogP contribution in [0.5, 0.6) is 0 Å². The van der Waals surface area contributed by atoms with E-state index in [1.165, 1.54) is 22.8 Å². The maximum Gasteiger partial charge on any atom is 0.328 e. The number of benzene rings is 3. The molecule has 0 spiro atoms. The fraction of sp³-hybridized carbons (Fsp3) is 0.396. The summed E-state index contributed by atoms with van der Waals surface area (Å²) in [6.07, 6.45) is 7.09. The van der Waals surface area contributed by atoms with Gasteiger partial charge in [-0.1, -0.05) is 49.4 Å². The molecule has 3 saturated heterocycles. The standard InChI is InChI=1S/C48H56FN9O3/c1-6-17-50-46(30(3)4)31(5)41(7-2)32-8-9-34-25-51-47(53-43(34)22-32)52-37-12-10-33(42(49)24-37)23-45(60)57-28-40(29-57)55-18-14-38(15-19-55)56-26-35-11-13-39(21-36(35)27-56)58-20-16-44(59)54-48(58)61/h7-13,21-22,24-25,38,40,50H,2,6,14-20,23,26-29H2,1,3-5H3,(H,51,52,53)(H,54,59,61)/b41-31+. The largest absolute Gasteiger partial charge is 0.385 e. The van der Waals surface area contributed by atoms with E-state index in [0.29, 0.717) is 55.3 Å². The molecule has 3 fully saturated rings. The van der Waals surface area contributed by atoms with Gasteiger partial charge in [0.15, 0.2) is 0 Å². The van der Waals surface area contributed by atoms with Crippen molar-refractivity contribution in [2.24, 2.45) is 0 Å². The number of urea groups is 1. The number of rotatable bonds is 13. The first-order valence-electron chi connectivity index (χ1n) is 21.5. The molecule has 12 nitrogen and oxygen atoms in total. The van der Waals surface area contributed by atoms with Gasteiger partial charge in [-0.25, -0.2) is 19.2 Å². The summed E-state index contributed by atoms with van der Waals surface area (Å²) in [6.45, 7) is 18.9. The molecule has 61 heavy (non-hydrogen) atoms. The number of imide groups is 1. The predicted octanol–water partition coefficient (Wildman–Crippen LogP) is 7.45. The molecule has 13 heteroatoms. The van der Waals surface area contributed by atoms with E-state index in [4.69, 9.17) is 4.98 Å². The third-order valence-electron chi connectivity index (χ3n) is 12.6. The van der Waals surface area contributed by atoms with Gasteiger partial charge >= 0.3 is 6.03 Å². The van der Waals surface area contributed by atoms with Crippen LogP contribution >= 0.6 is 0 Å². The Balaban J connectivity index is 0.816. The van der Waals surface area contributed by atoms with Crippen LogP contribution in [-0.2, 0) is 29.1 Å². The van der Waals surface area contributed by atoms with Gasteiger partial charge < -0.3 is 15.5 Å². The fourth-order valence-corrected chi connectivity index (χ4v) is 9.13. The van der Waals surface area contributed by atoms with Crippen LogP contribution in [0.15, 0.2) is 90.3 Å². The Morgan fingerprint density at radius 1 is 0.951 bits per heavy atom. The third-order valence-corrected chi connectivity index (χ3v) is 12.6. The predicted molar refractivity (Wildman–Crippen MR) is 239 cm³/mol. The van der Waals surface area contributed by atoms with E-state index >= 15 is 4.39 Å². The Kier molecular flexibility index (Phi) is 12.3. The van der Waals surface area contributed by atoms with Crippen LogP contribution < -0.4 is 20.9 Å². The number of hydrogen-bond acceptors (Lipinski definition) is 9. The van der Waals surface area contributed by atoms with E-state index in [9.17, 15) is 14.4 Å². The number of amides is 4. The van der Waals surface area contributed by atoms with E-state index in [-0.39, 0.29) is 24.3 Å². The lowest BCUT2D eigenvalue weighted by molar-refractivity contribution is -0.138. The molecule has 318 valence electrons. The van der Waals surface area contributed by atoms with Gasteiger partial charge in [-0.2, -0.15) is 0 Å². The summed E-state index contributed by atoms with van der Waals surface area (Å²) < 4.78 is 15.4. The number of aromatic nitrogens is 2. The molecule has 0 aliphatic carbocycles. The highest BCUT2D eigenvalue weighted by Gasteiger charge is 2.38. The number of anilines is 3. The van der Waals surface area contributed by atoms with Gasteiger partial charge in [-0.05, 0) is 104 Å². The topological polar surface area (TPSA) is 126 Å². The average molecular weight is 826 g/mol. The second-order valence-corrected chi connectivity index (χ2v) is 17.0. The summed E-state index contributed by atoms with van der Waals surface area (Å²) in [7, 11) is 0. The van der Waals surface area contributed by atoms with E-state index in [2.05, 4.69) is 83.2 Å². The highest BCUT2D eigenvalue weighted by molar-refractivity contribution is 6.05. The Morgan fingerprint density at radius 3 is 2.46 bits per heavy atom. The summed E-state index contributed by atoms with van der Waals surface area (Å²) in [5.74, 6) is -0.392. The zero-order valence-electron chi connectivity index (χ0n) is 35.7. The SMILES string of the molecule is C=C/C(=C(/C)C(NCCC)=C(C)C)c1ccc2cnc(Nc3ccc(CC(=O)N4CC(N5CCC(N6Cc7ccc(N8CCC(=O)NC8=O)cc7C6)CC5)C4)c(F)c3)nc2c1. The number of allylic oxidation sites excluding steroid dienone is 4. The molecule has 0 bridgehead atoms. The number of carbonyl (C=O) groups excluding carboxylic acids is 3. The van der Waals surface area contributed by atoms with Crippen molar-refractivity contribution in [2.45, 2.75) is 85.0 Å². The van der Waals surface area contributed by atoms with Gasteiger partial charge in [0.05, 0.1) is 11.9 Å². The number of fused-ring (bicyclic) bond motifs is 2. The molecule has 1 aromatic heterocycles. The molecule has 3 aromatic carbocycles. The summed E-state index contributed by atoms with van der Waals surface area (Å²) in [4.78, 5) is 55.0. The monoisotopic (exact) mass is 825 g/mol. The maximum atomic E-state index is 15.4. The summed E-state index contributed by atoms with van der Waals surface area (Å²) >= 11 is 0. The second kappa shape index (κ2) is 18.0. The number of piperidine rings is 1. The zero-order chi connectivity index (χ0) is 42.8. The average Bonchev–Trinajstić information content (AvgIpc) is 3.65. The molecule has 8 rings (SSSR count). The van der Waals surface area contributed by atoms with Gasteiger partial charge in [0, 0.05) is 99.5 Å². The first kappa shape index (κ1) is 41.8. The molecule has 5 heterocycles. The van der Waals surface area contributed by atoms with Gasteiger partial charge in [0.2, 0.25) is 17.8 Å². The van der Waals surface area contributed by atoms with Crippen LogP contribution in [0.3, 0.4) is 0 Å². The number of likely N-dealkylation sites (tertiary alicyclic amines) is 2. The van der Waals surface area contributed by atoms with Crippen LogP contribution in [-0.4, -0.2) is 93.9 Å². The van der Waals surface area contributed by atoms with Crippen molar-refractivity contribution in [2.75, 3.05) is 49.5 Å². The molecule has 0 atom stereocenters. The highest BCUT2D eigenvalue weighted by atomic mass is 19.1. The van der Waals surface area contributed by atoms with Crippen molar-refractivity contribution in [3.8, 4) is 0 Å². The lowest BCUT2D eigenvalue weighted by Gasteiger charge is -2.48. The van der Waals surface area contributed by atoms with Crippen molar-refractivity contribution in [3.05, 3.63) is 118 Å². The van der Waals surface area contributed by atoms with Crippen LogP contribution in [0.1, 0.15) is 75.6 Å². The number of nitrogens with one attached hydrogen (secondary N) is 3. The molecular formula is C48H56FN9O3. The quantitative estimate of drug-likeness (QED) is 0.118. The van der Waals surface area contributed by atoms with Gasteiger partial charge in [-0.15, -0.1) is 0 Å². The van der Waals surface area contributed by atoms with Crippen LogP contribution in [0.2, 0.25) is 0 Å². The molecule has 4 aliphatic rings. The van der Waals surface area contributed by atoms with Crippen LogP contribution in [0, 0.1) is 5.82 Å². The third kappa shape index (κ3) is 9.08. The Bertz CT molecular complexity index is 2430. The molecule has 3 N–H and O–H groups in total. The minimum Gasteiger partial charge on any atom is -0.385 e. The summed E-state index contributed by atoms with van der Waals surface area (Å²) in [5.41, 5.74) is 10.4. The summed E-state index contributed by atoms with van der Waals surface area (Å²) in [6, 6.07) is 17.5. The van der Waals surface area contributed by atoms with Crippen LogP contribution in [0.4, 0.5) is 26.5 Å². The van der Waals surface area contributed by atoms with Crippen molar-refractivity contribution < 1.29 is 18.8 Å². The Hall–Kier alpha value is -5.92. The molecule has 0 radical (unpaired) electrons. The Labute approximate surface area is 357 Å². The number of hydrogen-bond donors (Lipinski definition) is 3. The molecule has 0 saturated carbocycles. The first-order valence-corrected chi connectivity index (χ1v) is 21.5. The van der Waals surface area contributed by atoms with Gasteiger partial charge in [-0.3, -0.25) is 29.6 Å². The second-order valence-electron chi connectivity index (χ2n) is 17.0. The molecular weight excluding hydrogens is 770 g/mol. The van der Waals surface area contributed by atoms with Crippen molar-refractivity contribution in [3.63, 3.8) is 0 Å². The van der Waals surface area contributed by atoms with Gasteiger partial charge in [0.25, 0.3) is 0 Å². The minimum absolute atomic E-state index is 0.00887. The molecule has 0 unspecified atom stereocenters. The van der Waals surface area contributed by atoms with Crippen molar-refractivity contribution in [1.29, 1.82) is 0 Å². The molecule has 4 aliphatic heterocycles. The number of halogens is 1. The van der Waals surface area contributed by atoms with Crippen molar-refractivity contribution >= 4 is 51.6 Å². The van der Waals surface area contributed by atoms with E-state index < -0.39 is 5.82 Å². The highest BCUT2D eigenvalue weighted by Crippen LogP contribution is 2.33. The first-order chi connectivity index (χ1) is 29.5. The smallest absolute Gasteiger partial charge is 0.328 e. The van der Waals surface area contributed by atoms with E-state index in [0.717, 1.165) is 91.0 Å². The zero-order valence-corrected chi connectivity index (χ0v) is 35.7. The molecule has 4 amide bonds. The Morgan fingerprint density at radius 2 is 1.74 bits per heavy atom. The normalized spacial score (nSPS) is 18.0. The molecule has 4 aromatic rings. The maximum absolute atomic E-state index is 15.4. The minimum atomic E-state index is -0.447. The van der Waals surface area contributed by atoms with E-state index in [1.54, 1.807) is 23.2 Å². The van der Waals surface area contributed by atoms with Crippen molar-refractivity contribution in [1.82, 2.24) is 35.3 Å². The number of carbonyl (C=O) groups is 3. The fourth-order valence-electron chi connectivity index (χ4n) is 9.13. The van der Waals surface area contributed by atoms with Gasteiger partial charge in [0.1, 0.15) is 5.82 Å². The van der Waals surface area contributed by atoms with Crippen LogP contribution in [0.25, 0.3) is 16.5 Å². The lowest BCUT2D eigenvalue weighted by atomic mass is 9.96. The summed E-state index contributed by atoms with van der Waals surface area (Å²) in [5, 5.41) is 10.0. The lowest BCUT2D eigenvalue weighted by Crippen LogP contribution is -2.63. The van der Waals surface area contributed by atoms with E-state index in [1.807, 2.05) is 29.2 Å². The number of nitrogens with zero attached hydrogens (tertiary/aromatic N) is 6.